The maximum absolute atomic E-state index is 12.5. The van der Waals surface area contributed by atoms with Crippen molar-refractivity contribution < 1.29 is 4.79 Å². The van der Waals surface area contributed by atoms with E-state index in [0.717, 1.165) is 32.5 Å². The molecule has 1 aromatic heterocycles. The van der Waals surface area contributed by atoms with Crippen LogP contribution in [0.3, 0.4) is 0 Å². The molecule has 0 spiro atoms. The van der Waals surface area contributed by atoms with E-state index < -0.39 is 0 Å². The smallest absolute Gasteiger partial charge is 0.270 e. The number of piperidine rings is 1. The molecule has 1 unspecified atom stereocenters. The summed E-state index contributed by atoms with van der Waals surface area (Å²) < 4.78 is 1.91. The fraction of sp³-hybridized carbons (Fsp3) is 0.615. The van der Waals surface area contributed by atoms with Crippen molar-refractivity contribution in [3.63, 3.8) is 0 Å². The molecular weight excluding hydrogens is 250 g/mol. The topological polar surface area (TPSA) is 37.3 Å². The third-order valence-corrected chi connectivity index (χ3v) is 3.75. The molecule has 0 radical (unpaired) electrons. The summed E-state index contributed by atoms with van der Waals surface area (Å²) in [6, 6.07) is 2.17. The first kappa shape index (κ1) is 13.4. The van der Waals surface area contributed by atoms with Gasteiger partial charge in [0, 0.05) is 31.9 Å². The van der Waals surface area contributed by atoms with Gasteiger partial charge >= 0.3 is 0 Å². The monoisotopic (exact) mass is 269 g/mol. The van der Waals surface area contributed by atoms with Gasteiger partial charge in [0.05, 0.1) is 5.02 Å². The second kappa shape index (κ2) is 5.76. The fourth-order valence-corrected chi connectivity index (χ4v) is 2.70. The van der Waals surface area contributed by atoms with Gasteiger partial charge in [-0.3, -0.25) is 4.79 Å². The summed E-state index contributed by atoms with van der Waals surface area (Å²) in [4.78, 5) is 14.4. The van der Waals surface area contributed by atoms with Gasteiger partial charge in [0.2, 0.25) is 0 Å². The Morgan fingerprint density at radius 1 is 1.61 bits per heavy atom. The molecule has 18 heavy (non-hydrogen) atoms. The van der Waals surface area contributed by atoms with Crippen LogP contribution in [-0.4, -0.2) is 41.6 Å². The lowest BCUT2D eigenvalue weighted by atomic mass is 10.1. The SMILES string of the molecule is CCn1cc(Cl)cc1C(=O)N1CCCC(NC)C1. The van der Waals surface area contributed by atoms with E-state index in [2.05, 4.69) is 5.32 Å². The Labute approximate surface area is 113 Å². The van der Waals surface area contributed by atoms with Gasteiger partial charge < -0.3 is 14.8 Å². The molecule has 1 aliphatic rings. The molecule has 1 aromatic rings. The first-order valence-corrected chi connectivity index (χ1v) is 6.85. The van der Waals surface area contributed by atoms with Gasteiger partial charge in [0.25, 0.3) is 5.91 Å². The van der Waals surface area contributed by atoms with Crippen LogP contribution in [0, 0.1) is 0 Å². The van der Waals surface area contributed by atoms with Gasteiger partial charge in [0.15, 0.2) is 0 Å². The van der Waals surface area contributed by atoms with Crippen LogP contribution in [0.25, 0.3) is 0 Å². The highest BCUT2D eigenvalue weighted by Crippen LogP contribution is 2.18. The molecule has 100 valence electrons. The maximum Gasteiger partial charge on any atom is 0.270 e. The number of aryl methyl sites for hydroxylation is 1. The first-order chi connectivity index (χ1) is 8.65. The molecule has 4 nitrogen and oxygen atoms in total. The van der Waals surface area contributed by atoms with Gasteiger partial charge in [-0.1, -0.05) is 11.6 Å². The average Bonchev–Trinajstić information content (AvgIpc) is 2.79. The predicted molar refractivity (Wildman–Crippen MR) is 73.1 cm³/mol. The van der Waals surface area contributed by atoms with Crippen LogP contribution in [0.2, 0.25) is 5.02 Å². The lowest BCUT2D eigenvalue weighted by molar-refractivity contribution is 0.0687. The molecule has 1 amide bonds. The van der Waals surface area contributed by atoms with Gasteiger partial charge in [0.1, 0.15) is 5.69 Å². The highest BCUT2D eigenvalue weighted by molar-refractivity contribution is 6.31. The highest BCUT2D eigenvalue weighted by Gasteiger charge is 2.25. The van der Waals surface area contributed by atoms with Crippen molar-refractivity contribution in [2.24, 2.45) is 0 Å². The van der Waals surface area contributed by atoms with E-state index in [0.29, 0.717) is 16.8 Å². The quantitative estimate of drug-likeness (QED) is 0.911. The van der Waals surface area contributed by atoms with Crippen molar-refractivity contribution >= 4 is 17.5 Å². The lowest BCUT2D eigenvalue weighted by Crippen LogP contribution is -2.47. The maximum atomic E-state index is 12.5. The number of carbonyl (C=O) groups is 1. The summed E-state index contributed by atoms with van der Waals surface area (Å²) in [6.45, 7) is 4.39. The molecule has 1 atom stereocenters. The molecule has 0 aromatic carbocycles. The summed E-state index contributed by atoms with van der Waals surface area (Å²) in [7, 11) is 1.95. The Hall–Kier alpha value is -1.00. The number of hydrogen-bond acceptors (Lipinski definition) is 2. The predicted octanol–water partition coefficient (Wildman–Crippen LogP) is 1.99. The molecule has 1 N–H and O–H groups in total. The second-order valence-corrected chi connectivity index (χ2v) is 5.15. The van der Waals surface area contributed by atoms with E-state index in [1.54, 1.807) is 6.07 Å². The van der Waals surface area contributed by atoms with E-state index >= 15 is 0 Å². The zero-order valence-electron chi connectivity index (χ0n) is 10.9. The minimum absolute atomic E-state index is 0.0868. The Kier molecular flexibility index (Phi) is 4.30. The number of nitrogens with one attached hydrogen (secondary N) is 1. The van der Waals surface area contributed by atoms with Gasteiger partial charge in [-0.25, -0.2) is 0 Å². The lowest BCUT2D eigenvalue weighted by Gasteiger charge is -2.32. The number of amides is 1. The average molecular weight is 270 g/mol. The van der Waals surface area contributed by atoms with Gasteiger partial charge in [-0.05, 0) is 32.9 Å². The molecule has 1 saturated heterocycles. The largest absolute Gasteiger partial charge is 0.342 e. The van der Waals surface area contributed by atoms with Crippen LogP contribution in [-0.2, 0) is 6.54 Å². The van der Waals surface area contributed by atoms with Crippen molar-refractivity contribution in [1.29, 1.82) is 0 Å². The normalized spacial score (nSPS) is 20.2. The van der Waals surface area contributed by atoms with Crippen molar-refractivity contribution in [2.45, 2.75) is 32.4 Å². The van der Waals surface area contributed by atoms with Crippen LogP contribution in [0.4, 0.5) is 0 Å². The van der Waals surface area contributed by atoms with E-state index in [1.165, 1.54) is 0 Å². The number of carbonyl (C=O) groups excluding carboxylic acids is 1. The number of aromatic nitrogens is 1. The Bertz CT molecular complexity index is 430. The molecule has 2 rings (SSSR count). The molecule has 1 aliphatic heterocycles. The van der Waals surface area contributed by atoms with E-state index in [9.17, 15) is 4.79 Å². The summed E-state index contributed by atoms with van der Waals surface area (Å²) in [5.74, 6) is 0.0868. The zero-order chi connectivity index (χ0) is 13.1. The molecular formula is C13H20ClN3O. The minimum atomic E-state index is 0.0868. The third kappa shape index (κ3) is 2.70. The number of halogens is 1. The number of nitrogens with zero attached hydrogens (tertiary/aromatic N) is 2. The summed E-state index contributed by atoms with van der Waals surface area (Å²) in [6.07, 6.45) is 4.00. The molecule has 0 bridgehead atoms. The summed E-state index contributed by atoms with van der Waals surface area (Å²) in [5, 5.41) is 3.87. The number of hydrogen-bond donors (Lipinski definition) is 1. The zero-order valence-corrected chi connectivity index (χ0v) is 11.7. The molecule has 5 heteroatoms. The van der Waals surface area contributed by atoms with E-state index in [4.69, 9.17) is 11.6 Å². The molecule has 0 saturated carbocycles. The molecule has 1 fully saturated rings. The van der Waals surface area contributed by atoms with Crippen LogP contribution >= 0.6 is 11.6 Å². The third-order valence-electron chi connectivity index (χ3n) is 3.54. The number of likely N-dealkylation sites (N-methyl/N-ethyl adjacent to an activating group) is 1. The van der Waals surface area contributed by atoms with E-state index in [1.807, 2.05) is 29.6 Å². The standard InChI is InChI=1S/C13H20ClN3O/c1-3-16-8-10(14)7-12(16)13(18)17-6-4-5-11(9-17)15-2/h7-8,11,15H,3-6,9H2,1-2H3. The van der Waals surface area contributed by atoms with Crippen LogP contribution in [0.1, 0.15) is 30.3 Å². The van der Waals surface area contributed by atoms with Crippen molar-refractivity contribution in [3.8, 4) is 0 Å². The van der Waals surface area contributed by atoms with Crippen LogP contribution in [0.15, 0.2) is 12.3 Å². The summed E-state index contributed by atoms with van der Waals surface area (Å²) in [5.41, 5.74) is 0.694. The Morgan fingerprint density at radius 3 is 3.06 bits per heavy atom. The van der Waals surface area contributed by atoms with Crippen molar-refractivity contribution in [2.75, 3.05) is 20.1 Å². The van der Waals surface area contributed by atoms with Gasteiger partial charge in [-0.2, -0.15) is 0 Å². The molecule has 2 heterocycles. The van der Waals surface area contributed by atoms with Gasteiger partial charge in [-0.15, -0.1) is 0 Å². The Balaban J connectivity index is 2.14. The minimum Gasteiger partial charge on any atom is -0.342 e. The highest BCUT2D eigenvalue weighted by atomic mass is 35.5. The number of likely N-dealkylation sites (tertiary alicyclic amines) is 1. The summed E-state index contributed by atoms with van der Waals surface area (Å²) >= 11 is 5.98. The van der Waals surface area contributed by atoms with E-state index in [-0.39, 0.29) is 5.91 Å². The van der Waals surface area contributed by atoms with Crippen LogP contribution < -0.4 is 5.32 Å². The first-order valence-electron chi connectivity index (χ1n) is 6.48. The van der Waals surface area contributed by atoms with Crippen molar-refractivity contribution in [1.82, 2.24) is 14.8 Å². The van der Waals surface area contributed by atoms with Crippen LogP contribution in [0.5, 0.6) is 0 Å². The second-order valence-electron chi connectivity index (χ2n) is 4.71. The fourth-order valence-electron chi connectivity index (χ4n) is 2.47. The Morgan fingerprint density at radius 2 is 2.39 bits per heavy atom. The molecule has 0 aliphatic carbocycles. The number of rotatable bonds is 3. The van der Waals surface area contributed by atoms with Crippen molar-refractivity contribution in [3.05, 3.63) is 23.0 Å².